The molecule has 2 unspecified atom stereocenters. The number of carbonyl (C=O) groups excluding carboxylic acids is 1. The third kappa shape index (κ3) is 7.20. The van der Waals surface area contributed by atoms with Crippen molar-refractivity contribution in [1.29, 1.82) is 0 Å². The van der Waals surface area contributed by atoms with Gasteiger partial charge in [0.05, 0.1) is 12.2 Å². The third-order valence-electron chi connectivity index (χ3n) is 4.61. The van der Waals surface area contributed by atoms with Gasteiger partial charge in [0.15, 0.2) is 5.96 Å². The number of ether oxygens (including phenoxy) is 1. The van der Waals surface area contributed by atoms with Crippen LogP contribution in [-0.4, -0.2) is 86.2 Å². The molecule has 0 radical (unpaired) electrons. The minimum absolute atomic E-state index is 0.131. The van der Waals surface area contributed by atoms with E-state index in [4.69, 9.17) is 4.74 Å². The molecule has 2 aliphatic heterocycles. The summed E-state index contributed by atoms with van der Waals surface area (Å²) >= 11 is 0. The number of aliphatic imine (C=N–C) groups is 1. The van der Waals surface area contributed by atoms with Crippen molar-refractivity contribution in [3.8, 4) is 0 Å². The number of rotatable bonds is 7. The predicted octanol–water partition coefficient (Wildman–Crippen LogP) is 0.663. The van der Waals surface area contributed by atoms with E-state index in [-0.39, 0.29) is 12.5 Å². The van der Waals surface area contributed by atoms with Crippen LogP contribution in [0.3, 0.4) is 0 Å². The zero-order chi connectivity index (χ0) is 18.1. The number of guanidine groups is 1. The lowest BCUT2D eigenvalue weighted by Crippen LogP contribution is -2.46. The fraction of sp³-hybridized carbons (Fsp3) is 0.889. The van der Waals surface area contributed by atoms with Crippen molar-refractivity contribution in [2.24, 2.45) is 4.99 Å². The van der Waals surface area contributed by atoms with Gasteiger partial charge in [-0.15, -0.1) is 0 Å². The summed E-state index contributed by atoms with van der Waals surface area (Å²) in [6.45, 7) is 13.0. The lowest BCUT2D eigenvalue weighted by Gasteiger charge is -2.35. The highest BCUT2D eigenvalue weighted by atomic mass is 16.5. The molecule has 0 bridgehead atoms. The summed E-state index contributed by atoms with van der Waals surface area (Å²) in [6.07, 6.45) is 3.91. The summed E-state index contributed by atoms with van der Waals surface area (Å²) in [5.41, 5.74) is 0. The first kappa shape index (κ1) is 20.0. The van der Waals surface area contributed by atoms with Gasteiger partial charge >= 0.3 is 0 Å². The second-order valence-electron chi connectivity index (χ2n) is 7.08. The summed E-state index contributed by atoms with van der Waals surface area (Å²) in [4.78, 5) is 20.9. The molecular formula is C18H35N5O2. The standard InChI is InChI=1S/C18H35N5O2/c1-4-19-18(21-12-17(24)23-10-5-6-11-23)20-8-7-9-22-13-15(2)25-16(3)14-22/h15-16H,4-14H2,1-3H3,(H2,19,20,21). The van der Waals surface area contributed by atoms with Gasteiger partial charge in [-0.1, -0.05) is 0 Å². The highest BCUT2D eigenvalue weighted by Gasteiger charge is 2.21. The minimum atomic E-state index is 0.131. The maximum atomic E-state index is 12.1. The number of nitrogens with one attached hydrogen (secondary N) is 2. The molecule has 2 N–H and O–H groups in total. The Hall–Kier alpha value is -1.34. The lowest BCUT2D eigenvalue weighted by atomic mass is 10.2. The van der Waals surface area contributed by atoms with Gasteiger partial charge in [-0.25, -0.2) is 4.99 Å². The van der Waals surface area contributed by atoms with E-state index >= 15 is 0 Å². The van der Waals surface area contributed by atoms with Crippen molar-refractivity contribution in [2.75, 3.05) is 52.4 Å². The van der Waals surface area contributed by atoms with Crippen molar-refractivity contribution < 1.29 is 9.53 Å². The molecule has 2 atom stereocenters. The van der Waals surface area contributed by atoms with Gasteiger partial charge < -0.3 is 20.3 Å². The Labute approximate surface area is 152 Å². The number of hydrogen-bond acceptors (Lipinski definition) is 4. The number of likely N-dealkylation sites (tertiary alicyclic amines) is 1. The molecule has 0 spiro atoms. The highest BCUT2D eigenvalue weighted by Crippen LogP contribution is 2.10. The second kappa shape index (κ2) is 10.6. The van der Waals surface area contributed by atoms with Crippen LogP contribution in [0.5, 0.6) is 0 Å². The summed E-state index contributed by atoms with van der Waals surface area (Å²) in [5, 5.41) is 6.55. The fourth-order valence-corrected chi connectivity index (χ4v) is 3.53. The molecule has 25 heavy (non-hydrogen) atoms. The summed E-state index contributed by atoms with van der Waals surface area (Å²) in [6, 6.07) is 0. The zero-order valence-electron chi connectivity index (χ0n) is 16.1. The van der Waals surface area contributed by atoms with Gasteiger partial charge in [-0.3, -0.25) is 9.69 Å². The molecule has 144 valence electrons. The molecule has 1 amide bonds. The van der Waals surface area contributed by atoms with Crippen LogP contribution in [0, 0.1) is 0 Å². The maximum absolute atomic E-state index is 12.1. The van der Waals surface area contributed by atoms with Crippen molar-refractivity contribution in [1.82, 2.24) is 20.4 Å². The molecule has 2 saturated heterocycles. The van der Waals surface area contributed by atoms with E-state index in [0.29, 0.717) is 12.2 Å². The van der Waals surface area contributed by atoms with Crippen molar-refractivity contribution in [2.45, 2.75) is 52.2 Å². The fourth-order valence-electron chi connectivity index (χ4n) is 3.53. The topological polar surface area (TPSA) is 69.2 Å². The first-order valence-corrected chi connectivity index (χ1v) is 9.76. The van der Waals surface area contributed by atoms with Crippen LogP contribution in [0.4, 0.5) is 0 Å². The number of nitrogens with zero attached hydrogens (tertiary/aromatic N) is 3. The third-order valence-corrected chi connectivity index (χ3v) is 4.61. The average molecular weight is 354 g/mol. The Balaban J connectivity index is 1.67. The maximum Gasteiger partial charge on any atom is 0.244 e. The quantitative estimate of drug-likeness (QED) is 0.400. The molecule has 7 nitrogen and oxygen atoms in total. The molecule has 0 aromatic heterocycles. The number of amides is 1. The van der Waals surface area contributed by atoms with Gasteiger partial charge in [-0.2, -0.15) is 0 Å². The zero-order valence-corrected chi connectivity index (χ0v) is 16.1. The molecule has 7 heteroatoms. The van der Waals surface area contributed by atoms with Crippen LogP contribution in [0.2, 0.25) is 0 Å². The van der Waals surface area contributed by atoms with Crippen molar-refractivity contribution in [3.05, 3.63) is 0 Å². The SMILES string of the molecule is CCNC(=NCC(=O)N1CCCC1)NCCCN1CC(C)OC(C)C1. The van der Waals surface area contributed by atoms with E-state index in [1.54, 1.807) is 0 Å². The highest BCUT2D eigenvalue weighted by molar-refractivity contribution is 5.85. The first-order chi connectivity index (χ1) is 12.1. The summed E-state index contributed by atoms with van der Waals surface area (Å²) < 4.78 is 5.77. The Morgan fingerprint density at radius 1 is 1.16 bits per heavy atom. The number of hydrogen-bond donors (Lipinski definition) is 2. The molecule has 0 aromatic carbocycles. The number of morpholine rings is 1. The van der Waals surface area contributed by atoms with Gasteiger partial charge in [0.25, 0.3) is 0 Å². The van der Waals surface area contributed by atoms with E-state index in [9.17, 15) is 4.79 Å². The van der Waals surface area contributed by atoms with Gasteiger partial charge in [0, 0.05) is 45.8 Å². The molecule has 0 aromatic rings. The normalized spacial score (nSPS) is 25.2. The Morgan fingerprint density at radius 3 is 2.48 bits per heavy atom. The van der Waals surface area contributed by atoms with E-state index < -0.39 is 0 Å². The van der Waals surface area contributed by atoms with Crippen LogP contribution >= 0.6 is 0 Å². The molecule has 2 heterocycles. The molecule has 2 fully saturated rings. The van der Waals surface area contributed by atoms with E-state index in [0.717, 1.165) is 71.0 Å². The van der Waals surface area contributed by atoms with E-state index in [2.05, 4.69) is 34.4 Å². The van der Waals surface area contributed by atoms with Gasteiger partial charge in [0.1, 0.15) is 6.54 Å². The van der Waals surface area contributed by atoms with Crippen LogP contribution in [0.15, 0.2) is 4.99 Å². The Kier molecular flexibility index (Phi) is 8.48. The predicted molar refractivity (Wildman–Crippen MR) is 101 cm³/mol. The van der Waals surface area contributed by atoms with Crippen molar-refractivity contribution >= 4 is 11.9 Å². The number of carbonyl (C=O) groups is 1. The smallest absolute Gasteiger partial charge is 0.244 e. The van der Waals surface area contributed by atoms with Crippen molar-refractivity contribution in [3.63, 3.8) is 0 Å². The summed E-state index contributed by atoms with van der Waals surface area (Å²) in [7, 11) is 0. The van der Waals surface area contributed by atoms with Crippen LogP contribution in [0.1, 0.15) is 40.0 Å². The first-order valence-electron chi connectivity index (χ1n) is 9.76. The Bertz CT molecular complexity index is 427. The van der Waals surface area contributed by atoms with Gasteiger partial charge in [-0.05, 0) is 40.0 Å². The molecule has 2 rings (SSSR count). The molecule has 2 aliphatic rings. The van der Waals surface area contributed by atoms with Gasteiger partial charge in [0.2, 0.25) is 5.91 Å². The lowest BCUT2D eigenvalue weighted by molar-refractivity contribution is -0.128. The molecular weight excluding hydrogens is 318 g/mol. The van der Waals surface area contributed by atoms with E-state index in [1.807, 2.05) is 11.8 Å². The summed E-state index contributed by atoms with van der Waals surface area (Å²) in [5.74, 6) is 0.866. The van der Waals surface area contributed by atoms with Crippen LogP contribution in [0.25, 0.3) is 0 Å². The van der Waals surface area contributed by atoms with Crippen LogP contribution in [-0.2, 0) is 9.53 Å². The molecule has 0 aliphatic carbocycles. The Morgan fingerprint density at radius 2 is 1.84 bits per heavy atom. The average Bonchev–Trinajstić information content (AvgIpc) is 3.10. The van der Waals surface area contributed by atoms with E-state index in [1.165, 1.54) is 0 Å². The minimum Gasteiger partial charge on any atom is -0.373 e. The largest absolute Gasteiger partial charge is 0.373 e. The van der Waals surface area contributed by atoms with Crippen LogP contribution < -0.4 is 10.6 Å². The molecule has 0 saturated carbocycles. The second-order valence-corrected chi connectivity index (χ2v) is 7.08. The monoisotopic (exact) mass is 353 g/mol.